The maximum Gasteiger partial charge on any atom is 0.163 e. The van der Waals surface area contributed by atoms with E-state index in [1.165, 1.54) is 6.92 Å². The van der Waals surface area contributed by atoms with Gasteiger partial charge >= 0.3 is 0 Å². The lowest BCUT2D eigenvalue weighted by atomic mass is 10.1. The highest BCUT2D eigenvalue weighted by Gasteiger charge is 2.17. The molecule has 1 aromatic rings. The average Bonchev–Trinajstić information content (AvgIpc) is 2.18. The fraction of sp³-hybridized carbons (Fsp3) is 0.364. The number of hydrogen-bond donors (Lipinski definition) is 0. The molecule has 1 atom stereocenters. The summed E-state index contributed by atoms with van der Waals surface area (Å²) in [5, 5.41) is 0.623. The lowest BCUT2D eigenvalue weighted by Crippen LogP contribution is -2.12. The molecule has 15 heavy (non-hydrogen) atoms. The van der Waals surface area contributed by atoms with Gasteiger partial charge in [0, 0.05) is 11.1 Å². The number of ketones is 1. The predicted molar refractivity (Wildman–Crippen MR) is 64.2 cm³/mol. The average molecular weight is 292 g/mol. The van der Waals surface area contributed by atoms with E-state index in [0.29, 0.717) is 11.6 Å². The van der Waals surface area contributed by atoms with Gasteiger partial charge in [-0.25, -0.2) is 0 Å². The largest absolute Gasteiger partial charge is 0.366 e. The molecule has 1 unspecified atom stereocenters. The zero-order chi connectivity index (χ0) is 11.4. The fourth-order valence-electron chi connectivity index (χ4n) is 1.29. The number of carbonyl (C=O) groups is 1. The highest BCUT2D eigenvalue weighted by molar-refractivity contribution is 9.10. The first kappa shape index (κ1) is 12.7. The van der Waals surface area contributed by atoms with Gasteiger partial charge in [-0.2, -0.15) is 0 Å². The topological polar surface area (TPSA) is 26.3 Å². The monoisotopic (exact) mass is 290 g/mol. The molecule has 0 aromatic heterocycles. The van der Waals surface area contributed by atoms with E-state index in [0.717, 1.165) is 10.0 Å². The lowest BCUT2D eigenvalue weighted by Gasteiger charge is -2.14. The highest BCUT2D eigenvalue weighted by Crippen LogP contribution is 2.27. The van der Waals surface area contributed by atoms with Crippen LogP contribution in [0.3, 0.4) is 0 Å². The second kappa shape index (κ2) is 5.64. The van der Waals surface area contributed by atoms with Crippen LogP contribution in [0.1, 0.15) is 25.5 Å². The van der Waals surface area contributed by atoms with Crippen LogP contribution in [-0.2, 0) is 9.53 Å². The van der Waals surface area contributed by atoms with Gasteiger partial charge < -0.3 is 4.74 Å². The summed E-state index contributed by atoms with van der Waals surface area (Å²) < 4.78 is 6.14. The van der Waals surface area contributed by atoms with Crippen LogP contribution >= 0.6 is 27.5 Å². The minimum Gasteiger partial charge on any atom is -0.366 e. The van der Waals surface area contributed by atoms with Gasteiger partial charge in [-0.1, -0.05) is 17.7 Å². The molecule has 0 fully saturated rings. The van der Waals surface area contributed by atoms with Crippen LogP contribution in [0.25, 0.3) is 0 Å². The fourth-order valence-corrected chi connectivity index (χ4v) is 1.80. The maximum absolute atomic E-state index is 11.4. The minimum atomic E-state index is -0.497. The minimum absolute atomic E-state index is 0.00827. The normalized spacial score (nSPS) is 12.5. The van der Waals surface area contributed by atoms with Crippen LogP contribution in [-0.4, -0.2) is 12.4 Å². The van der Waals surface area contributed by atoms with E-state index < -0.39 is 6.10 Å². The molecule has 0 aliphatic heterocycles. The predicted octanol–water partition coefficient (Wildman–Crippen LogP) is 3.77. The third kappa shape index (κ3) is 3.30. The van der Waals surface area contributed by atoms with E-state index in [4.69, 9.17) is 16.3 Å². The summed E-state index contributed by atoms with van der Waals surface area (Å²) in [6, 6.07) is 5.36. The Balaban J connectivity index is 3.01. The van der Waals surface area contributed by atoms with Gasteiger partial charge in [0.05, 0.1) is 5.02 Å². The van der Waals surface area contributed by atoms with Gasteiger partial charge in [0.2, 0.25) is 0 Å². The third-order valence-corrected chi connectivity index (χ3v) is 3.16. The van der Waals surface area contributed by atoms with Crippen LogP contribution in [0.4, 0.5) is 0 Å². The zero-order valence-corrected chi connectivity index (χ0v) is 10.9. The van der Waals surface area contributed by atoms with Gasteiger partial charge in [-0.3, -0.25) is 4.79 Å². The molecule has 0 heterocycles. The van der Waals surface area contributed by atoms with Crippen molar-refractivity contribution in [1.29, 1.82) is 0 Å². The standard InChI is InChI=1S/C11H12BrClO2/c1-3-15-11(7(2)14)8-4-5-10(13)9(12)6-8/h4-6,11H,3H2,1-2H3. The summed E-state index contributed by atoms with van der Waals surface area (Å²) in [5.74, 6) is -0.00827. The third-order valence-electron chi connectivity index (χ3n) is 1.95. The number of halogens is 2. The van der Waals surface area contributed by atoms with Gasteiger partial charge in [-0.15, -0.1) is 0 Å². The van der Waals surface area contributed by atoms with Gasteiger partial charge in [0.1, 0.15) is 6.10 Å². The van der Waals surface area contributed by atoms with Crippen LogP contribution in [0.2, 0.25) is 5.02 Å². The summed E-state index contributed by atoms with van der Waals surface area (Å²) >= 11 is 9.19. The molecule has 0 spiro atoms. The summed E-state index contributed by atoms with van der Waals surface area (Å²) in [7, 11) is 0. The molecule has 1 rings (SSSR count). The second-order valence-electron chi connectivity index (χ2n) is 3.12. The number of rotatable bonds is 4. The quantitative estimate of drug-likeness (QED) is 0.844. The molecule has 1 aromatic carbocycles. The number of hydrogen-bond acceptors (Lipinski definition) is 2. The van der Waals surface area contributed by atoms with Crippen molar-refractivity contribution in [2.24, 2.45) is 0 Å². The second-order valence-corrected chi connectivity index (χ2v) is 4.38. The summed E-state index contributed by atoms with van der Waals surface area (Å²) in [6.07, 6.45) is -0.497. The SMILES string of the molecule is CCOC(C(C)=O)c1ccc(Cl)c(Br)c1. The van der Waals surface area contributed by atoms with Crippen molar-refractivity contribution in [3.63, 3.8) is 0 Å². The van der Waals surface area contributed by atoms with Crippen molar-refractivity contribution < 1.29 is 9.53 Å². The molecule has 82 valence electrons. The molecule has 0 aliphatic carbocycles. The molecule has 0 saturated carbocycles. The van der Waals surface area contributed by atoms with Crippen molar-refractivity contribution >= 4 is 33.3 Å². The van der Waals surface area contributed by atoms with E-state index >= 15 is 0 Å². The Morgan fingerprint density at radius 1 is 1.60 bits per heavy atom. The Morgan fingerprint density at radius 2 is 2.27 bits per heavy atom. The number of ether oxygens (including phenoxy) is 1. The van der Waals surface area contributed by atoms with E-state index in [2.05, 4.69) is 15.9 Å². The Morgan fingerprint density at radius 3 is 2.73 bits per heavy atom. The maximum atomic E-state index is 11.4. The summed E-state index contributed by atoms with van der Waals surface area (Å²) in [6.45, 7) is 3.88. The van der Waals surface area contributed by atoms with Crippen molar-refractivity contribution in [2.75, 3.05) is 6.61 Å². The molecule has 2 nitrogen and oxygen atoms in total. The van der Waals surface area contributed by atoms with E-state index in [9.17, 15) is 4.79 Å². The number of benzene rings is 1. The van der Waals surface area contributed by atoms with Crippen LogP contribution in [0.5, 0.6) is 0 Å². The van der Waals surface area contributed by atoms with E-state index in [1.807, 2.05) is 13.0 Å². The van der Waals surface area contributed by atoms with Crippen LogP contribution < -0.4 is 0 Å². The molecule has 0 N–H and O–H groups in total. The molecular weight excluding hydrogens is 279 g/mol. The first-order valence-electron chi connectivity index (χ1n) is 4.63. The molecule has 0 saturated heterocycles. The molecule has 0 bridgehead atoms. The first-order chi connectivity index (χ1) is 7.06. The lowest BCUT2D eigenvalue weighted by molar-refractivity contribution is -0.128. The Labute approximate surface area is 103 Å². The Kier molecular flexibility index (Phi) is 4.77. The molecule has 0 amide bonds. The van der Waals surface area contributed by atoms with Crippen molar-refractivity contribution in [2.45, 2.75) is 20.0 Å². The van der Waals surface area contributed by atoms with Gasteiger partial charge in [0.25, 0.3) is 0 Å². The van der Waals surface area contributed by atoms with Crippen molar-refractivity contribution in [1.82, 2.24) is 0 Å². The molecule has 0 aliphatic rings. The zero-order valence-electron chi connectivity index (χ0n) is 8.59. The van der Waals surface area contributed by atoms with Crippen LogP contribution in [0.15, 0.2) is 22.7 Å². The molecule has 4 heteroatoms. The molecule has 0 radical (unpaired) electrons. The Bertz CT molecular complexity index is 366. The smallest absolute Gasteiger partial charge is 0.163 e. The number of Topliss-reactive ketones (excluding diaryl/α,β-unsaturated/α-hetero) is 1. The highest BCUT2D eigenvalue weighted by atomic mass is 79.9. The van der Waals surface area contributed by atoms with Gasteiger partial charge in [-0.05, 0) is 47.5 Å². The van der Waals surface area contributed by atoms with Crippen molar-refractivity contribution in [3.8, 4) is 0 Å². The van der Waals surface area contributed by atoms with E-state index in [-0.39, 0.29) is 5.78 Å². The van der Waals surface area contributed by atoms with Crippen molar-refractivity contribution in [3.05, 3.63) is 33.3 Å². The van der Waals surface area contributed by atoms with E-state index in [1.54, 1.807) is 12.1 Å². The molecular formula is C11H12BrClO2. The summed E-state index contributed by atoms with van der Waals surface area (Å²) in [5.41, 5.74) is 0.820. The van der Waals surface area contributed by atoms with Gasteiger partial charge in [0.15, 0.2) is 5.78 Å². The Hall–Kier alpha value is -0.380. The van der Waals surface area contributed by atoms with Crippen LogP contribution in [0, 0.1) is 0 Å². The summed E-state index contributed by atoms with van der Waals surface area (Å²) in [4.78, 5) is 11.4. The first-order valence-corrected chi connectivity index (χ1v) is 5.80. The number of carbonyl (C=O) groups excluding carboxylic acids is 1.